The molecule has 0 spiro atoms. The minimum absolute atomic E-state index is 0.179. The Bertz CT molecular complexity index is 232. The molecule has 3 heteroatoms. The van der Waals surface area contributed by atoms with Gasteiger partial charge in [-0.25, -0.2) is 0 Å². The van der Waals surface area contributed by atoms with Crippen LogP contribution in [0.25, 0.3) is 0 Å². The highest BCUT2D eigenvalue weighted by Crippen LogP contribution is 2.47. The van der Waals surface area contributed by atoms with Crippen LogP contribution in [-0.4, -0.2) is 18.3 Å². The van der Waals surface area contributed by atoms with Gasteiger partial charge in [0, 0.05) is 18.8 Å². The molecule has 2 aliphatic rings. The maximum atomic E-state index is 11.4. The molecule has 0 aromatic rings. The zero-order valence-corrected chi connectivity index (χ0v) is 9.93. The summed E-state index contributed by atoms with van der Waals surface area (Å²) in [5, 5.41) is 3.05. The monoisotopic (exact) mass is 229 g/mol. The lowest BCUT2D eigenvalue weighted by molar-refractivity contribution is -0.121. The quantitative estimate of drug-likeness (QED) is 0.722. The topological polar surface area (TPSA) is 29.1 Å². The van der Waals surface area contributed by atoms with E-state index in [4.69, 9.17) is 11.6 Å². The molecule has 0 aromatic carbocycles. The van der Waals surface area contributed by atoms with Gasteiger partial charge in [0.1, 0.15) is 0 Å². The van der Waals surface area contributed by atoms with Crippen molar-refractivity contribution in [3.8, 4) is 0 Å². The van der Waals surface area contributed by atoms with Crippen LogP contribution in [0.3, 0.4) is 0 Å². The van der Waals surface area contributed by atoms with Gasteiger partial charge in [-0.3, -0.25) is 4.79 Å². The summed E-state index contributed by atoms with van der Waals surface area (Å²) >= 11 is 5.54. The number of nitrogens with one attached hydrogen (secondary N) is 1. The van der Waals surface area contributed by atoms with Crippen molar-refractivity contribution in [2.75, 3.05) is 12.4 Å². The van der Waals surface area contributed by atoms with Crippen molar-refractivity contribution in [2.45, 2.75) is 38.5 Å². The smallest absolute Gasteiger partial charge is 0.220 e. The number of carbonyl (C=O) groups is 1. The van der Waals surface area contributed by atoms with Gasteiger partial charge in [-0.05, 0) is 43.4 Å². The lowest BCUT2D eigenvalue weighted by atomic mass is 9.89. The molecular formula is C12H20ClNO. The van der Waals surface area contributed by atoms with E-state index in [2.05, 4.69) is 5.32 Å². The Morgan fingerprint density at radius 2 is 2.20 bits per heavy atom. The Morgan fingerprint density at radius 3 is 2.80 bits per heavy atom. The number of hydrogen-bond donors (Lipinski definition) is 1. The van der Waals surface area contributed by atoms with Gasteiger partial charge in [0.2, 0.25) is 5.91 Å². The molecule has 0 aromatic heterocycles. The van der Waals surface area contributed by atoms with Crippen molar-refractivity contribution < 1.29 is 4.79 Å². The van der Waals surface area contributed by atoms with E-state index in [1.54, 1.807) is 0 Å². The molecule has 0 heterocycles. The van der Waals surface area contributed by atoms with E-state index >= 15 is 0 Å². The SMILES string of the molecule is O=C(CCCCl)NC[C@H]1C[C@H]2CC[C@@H]1C2. The number of hydrogen-bond acceptors (Lipinski definition) is 1. The van der Waals surface area contributed by atoms with Gasteiger partial charge in [-0.15, -0.1) is 11.6 Å². The Balaban J connectivity index is 1.64. The summed E-state index contributed by atoms with van der Waals surface area (Å²) in [4.78, 5) is 11.4. The van der Waals surface area contributed by atoms with E-state index in [1.165, 1.54) is 25.7 Å². The second kappa shape index (κ2) is 5.20. The van der Waals surface area contributed by atoms with Gasteiger partial charge in [-0.2, -0.15) is 0 Å². The summed E-state index contributed by atoms with van der Waals surface area (Å²) < 4.78 is 0. The zero-order valence-electron chi connectivity index (χ0n) is 9.18. The molecule has 1 amide bonds. The summed E-state index contributed by atoms with van der Waals surface area (Å²) in [7, 11) is 0. The molecule has 2 saturated carbocycles. The minimum Gasteiger partial charge on any atom is -0.356 e. The molecule has 15 heavy (non-hydrogen) atoms. The molecule has 2 fully saturated rings. The maximum absolute atomic E-state index is 11.4. The molecule has 1 N–H and O–H groups in total. The Hall–Kier alpha value is -0.240. The van der Waals surface area contributed by atoms with E-state index in [0.717, 1.165) is 30.7 Å². The normalized spacial score (nSPS) is 33.3. The Labute approximate surface area is 96.8 Å². The number of alkyl halides is 1. The Kier molecular flexibility index (Phi) is 3.90. The number of halogens is 1. The van der Waals surface area contributed by atoms with Crippen LogP contribution >= 0.6 is 11.6 Å². The summed E-state index contributed by atoms with van der Waals surface area (Å²) in [5.74, 6) is 3.41. The van der Waals surface area contributed by atoms with Crippen LogP contribution in [0.2, 0.25) is 0 Å². The average Bonchev–Trinajstić information content (AvgIpc) is 2.84. The predicted octanol–water partition coefficient (Wildman–Crippen LogP) is 2.56. The van der Waals surface area contributed by atoms with Gasteiger partial charge >= 0.3 is 0 Å². The molecule has 2 bridgehead atoms. The standard InChI is InChI=1S/C12H20ClNO/c13-5-1-2-12(15)14-8-11-7-9-3-4-10(11)6-9/h9-11H,1-8H2,(H,14,15)/t9-,10+,11+/m0/s1. The first kappa shape index (κ1) is 11.3. The largest absolute Gasteiger partial charge is 0.356 e. The van der Waals surface area contributed by atoms with E-state index in [1.807, 2.05) is 0 Å². The van der Waals surface area contributed by atoms with Crippen LogP contribution in [0.4, 0.5) is 0 Å². The second-order valence-corrected chi connectivity index (χ2v) is 5.41. The Morgan fingerprint density at radius 1 is 1.33 bits per heavy atom. The van der Waals surface area contributed by atoms with Crippen molar-refractivity contribution in [1.82, 2.24) is 5.32 Å². The van der Waals surface area contributed by atoms with E-state index in [9.17, 15) is 4.79 Å². The van der Waals surface area contributed by atoms with Crippen molar-refractivity contribution in [3.05, 3.63) is 0 Å². The number of amides is 1. The molecule has 0 saturated heterocycles. The molecule has 0 radical (unpaired) electrons. The van der Waals surface area contributed by atoms with Gasteiger partial charge in [0.25, 0.3) is 0 Å². The van der Waals surface area contributed by atoms with Crippen molar-refractivity contribution in [2.24, 2.45) is 17.8 Å². The molecule has 3 atom stereocenters. The lowest BCUT2D eigenvalue weighted by Gasteiger charge is -2.21. The third kappa shape index (κ3) is 2.87. The lowest BCUT2D eigenvalue weighted by Crippen LogP contribution is -2.31. The van der Waals surface area contributed by atoms with Crippen molar-refractivity contribution in [1.29, 1.82) is 0 Å². The molecule has 2 rings (SSSR count). The zero-order chi connectivity index (χ0) is 10.7. The molecular weight excluding hydrogens is 210 g/mol. The highest BCUT2D eigenvalue weighted by atomic mass is 35.5. The van der Waals surface area contributed by atoms with Crippen molar-refractivity contribution >= 4 is 17.5 Å². The van der Waals surface area contributed by atoms with Crippen LogP contribution < -0.4 is 5.32 Å². The van der Waals surface area contributed by atoms with Crippen LogP contribution in [0, 0.1) is 17.8 Å². The fourth-order valence-corrected chi connectivity index (χ4v) is 3.32. The van der Waals surface area contributed by atoms with E-state index in [0.29, 0.717) is 12.3 Å². The molecule has 86 valence electrons. The van der Waals surface area contributed by atoms with Crippen LogP contribution in [0.5, 0.6) is 0 Å². The predicted molar refractivity (Wildman–Crippen MR) is 61.9 cm³/mol. The highest BCUT2D eigenvalue weighted by molar-refractivity contribution is 6.17. The van der Waals surface area contributed by atoms with E-state index < -0.39 is 0 Å². The third-order valence-electron chi connectivity index (χ3n) is 3.98. The molecule has 0 unspecified atom stereocenters. The van der Waals surface area contributed by atoms with Gasteiger partial charge < -0.3 is 5.32 Å². The summed E-state index contributed by atoms with van der Waals surface area (Å²) in [6, 6.07) is 0. The molecule has 2 aliphatic carbocycles. The first-order valence-corrected chi connectivity index (χ1v) is 6.65. The first-order valence-electron chi connectivity index (χ1n) is 6.12. The third-order valence-corrected chi connectivity index (χ3v) is 4.25. The molecule has 0 aliphatic heterocycles. The van der Waals surface area contributed by atoms with Gasteiger partial charge in [0.05, 0.1) is 0 Å². The minimum atomic E-state index is 0.179. The average molecular weight is 230 g/mol. The van der Waals surface area contributed by atoms with E-state index in [-0.39, 0.29) is 5.91 Å². The van der Waals surface area contributed by atoms with Crippen LogP contribution in [0.15, 0.2) is 0 Å². The number of rotatable bonds is 5. The number of carbonyl (C=O) groups excluding carboxylic acids is 1. The highest BCUT2D eigenvalue weighted by Gasteiger charge is 2.39. The van der Waals surface area contributed by atoms with Crippen LogP contribution in [0.1, 0.15) is 38.5 Å². The second-order valence-electron chi connectivity index (χ2n) is 5.03. The maximum Gasteiger partial charge on any atom is 0.220 e. The number of fused-ring (bicyclic) bond motifs is 2. The first-order chi connectivity index (χ1) is 7.29. The fourth-order valence-electron chi connectivity index (χ4n) is 3.19. The molecule has 2 nitrogen and oxygen atoms in total. The summed E-state index contributed by atoms with van der Waals surface area (Å²) in [6.45, 7) is 0.905. The van der Waals surface area contributed by atoms with Crippen molar-refractivity contribution in [3.63, 3.8) is 0 Å². The van der Waals surface area contributed by atoms with Crippen LogP contribution in [-0.2, 0) is 4.79 Å². The summed E-state index contributed by atoms with van der Waals surface area (Å²) in [5.41, 5.74) is 0. The van der Waals surface area contributed by atoms with Gasteiger partial charge in [-0.1, -0.05) is 6.42 Å². The summed E-state index contributed by atoms with van der Waals surface area (Å²) in [6.07, 6.45) is 6.98. The fraction of sp³-hybridized carbons (Fsp3) is 0.917. The van der Waals surface area contributed by atoms with Gasteiger partial charge in [0.15, 0.2) is 0 Å².